The number of nitrogens with zero attached hydrogens (tertiary/aromatic N) is 4. The van der Waals surface area contributed by atoms with Crippen molar-refractivity contribution in [1.82, 2.24) is 19.5 Å². The van der Waals surface area contributed by atoms with Crippen LogP contribution in [0.1, 0.15) is 27.3 Å². The number of amides is 1. The normalized spacial score (nSPS) is 11.6. The van der Waals surface area contributed by atoms with Crippen LogP contribution in [0.15, 0.2) is 90.3 Å². The highest BCUT2D eigenvalue weighted by atomic mass is 32.1. The van der Waals surface area contributed by atoms with Crippen molar-refractivity contribution in [3.8, 4) is 10.6 Å². The van der Waals surface area contributed by atoms with E-state index in [1.165, 1.54) is 17.4 Å². The van der Waals surface area contributed by atoms with Crippen LogP contribution in [0.25, 0.3) is 16.2 Å². The first kappa shape index (κ1) is 22.8. The molecule has 0 N–H and O–H groups in total. The van der Waals surface area contributed by atoms with Gasteiger partial charge in [-0.15, -0.1) is 11.3 Å². The number of alkyl halides is 3. The molecule has 5 rings (SSSR count). The molecule has 0 spiro atoms. The van der Waals surface area contributed by atoms with Crippen LogP contribution in [0.5, 0.6) is 0 Å². The second-order valence-corrected chi connectivity index (χ2v) is 8.88. The van der Waals surface area contributed by atoms with Gasteiger partial charge >= 0.3 is 6.18 Å². The van der Waals surface area contributed by atoms with Crippen molar-refractivity contribution in [3.05, 3.63) is 113 Å². The Morgan fingerprint density at radius 2 is 1.51 bits per heavy atom. The van der Waals surface area contributed by atoms with E-state index in [0.29, 0.717) is 9.39 Å². The zero-order chi connectivity index (χ0) is 24.4. The van der Waals surface area contributed by atoms with E-state index in [2.05, 4.69) is 10.1 Å². The molecule has 35 heavy (non-hydrogen) atoms. The van der Waals surface area contributed by atoms with E-state index < -0.39 is 17.8 Å². The highest BCUT2D eigenvalue weighted by Gasteiger charge is 2.36. The fourth-order valence-corrected chi connectivity index (χ4v) is 4.49. The molecule has 0 aliphatic carbocycles. The summed E-state index contributed by atoms with van der Waals surface area (Å²) in [5.74, 6) is -0.478. The molecule has 3 aromatic heterocycles. The number of aromatic nitrogens is 3. The van der Waals surface area contributed by atoms with E-state index in [9.17, 15) is 18.0 Å². The quantitative estimate of drug-likeness (QED) is 0.279. The Bertz CT molecular complexity index is 1410. The van der Waals surface area contributed by atoms with Gasteiger partial charge in [0, 0.05) is 19.2 Å². The topological polar surface area (TPSA) is 50.5 Å². The lowest BCUT2D eigenvalue weighted by atomic mass is 10.1. The van der Waals surface area contributed by atoms with Crippen LogP contribution in [0, 0.1) is 0 Å². The Kier molecular flexibility index (Phi) is 6.08. The molecule has 5 nitrogen and oxygen atoms in total. The van der Waals surface area contributed by atoms with E-state index in [4.69, 9.17) is 0 Å². The largest absolute Gasteiger partial charge is 0.433 e. The van der Waals surface area contributed by atoms with Crippen LogP contribution in [-0.4, -0.2) is 25.4 Å². The van der Waals surface area contributed by atoms with Gasteiger partial charge < -0.3 is 4.90 Å². The standard InChI is InChI=1S/C26H19F3N4OS/c27-26(28,29)23-14-20(22-12-7-13-35-22)30-24-15-21(31-33(23)24)25(34)32(16-18-8-3-1-4-9-18)17-19-10-5-2-6-11-19/h1-15H,16-17H2. The third-order valence-corrected chi connectivity index (χ3v) is 6.32. The first-order valence-electron chi connectivity index (χ1n) is 10.8. The number of thiophene rings is 1. The van der Waals surface area contributed by atoms with Crippen LogP contribution >= 0.6 is 11.3 Å². The number of carbonyl (C=O) groups is 1. The van der Waals surface area contributed by atoms with E-state index in [0.717, 1.165) is 17.2 Å². The number of benzene rings is 2. The minimum absolute atomic E-state index is 0.0362. The molecule has 1 amide bonds. The minimum Gasteiger partial charge on any atom is -0.329 e. The summed E-state index contributed by atoms with van der Waals surface area (Å²) in [7, 11) is 0. The lowest BCUT2D eigenvalue weighted by Crippen LogP contribution is -2.30. The van der Waals surface area contributed by atoms with Crippen molar-refractivity contribution >= 4 is 22.9 Å². The number of carbonyl (C=O) groups excluding carboxylic acids is 1. The summed E-state index contributed by atoms with van der Waals surface area (Å²) < 4.78 is 42.4. The molecule has 0 aliphatic heterocycles. The van der Waals surface area contributed by atoms with Gasteiger partial charge in [-0.1, -0.05) is 66.7 Å². The van der Waals surface area contributed by atoms with E-state index in [-0.39, 0.29) is 30.1 Å². The predicted octanol–water partition coefficient (Wildman–Crippen LogP) is 6.32. The maximum Gasteiger partial charge on any atom is 0.433 e. The van der Waals surface area contributed by atoms with Gasteiger partial charge in [-0.05, 0) is 28.6 Å². The Labute approximate surface area is 203 Å². The van der Waals surface area contributed by atoms with Gasteiger partial charge in [0.2, 0.25) is 0 Å². The molecule has 0 saturated carbocycles. The van der Waals surface area contributed by atoms with Crippen molar-refractivity contribution in [2.75, 3.05) is 0 Å². The van der Waals surface area contributed by atoms with Crippen LogP contribution < -0.4 is 0 Å². The monoisotopic (exact) mass is 492 g/mol. The molecule has 0 atom stereocenters. The molecule has 5 aromatic rings. The van der Waals surface area contributed by atoms with Gasteiger partial charge in [0.05, 0.1) is 10.6 Å². The van der Waals surface area contributed by atoms with Crippen molar-refractivity contribution < 1.29 is 18.0 Å². The van der Waals surface area contributed by atoms with Gasteiger partial charge in [-0.2, -0.15) is 18.3 Å². The third kappa shape index (κ3) is 4.95. The molecule has 2 aromatic carbocycles. The molecule has 0 radical (unpaired) electrons. The fraction of sp³-hybridized carbons (Fsp3) is 0.115. The summed E-state index contributed by atoms with van der Waals surface area (Å²) >= 11 is 1.29. The second kappa shape index (κ2) is 9.34. The number of hydrogen-bond acceptors (Lipinski definition) is 4. The average Bonchev–Trinajstić information content (AvgIpc) is 3.53. The summed E-state index contributed by atoms with van der Waals surface area (Å²) in [6, 6.07) is 24.6. The van der Waals surface area contributed by atoms with Crippen molar-refractivity contribution in [2.24, 2.45) is 0 Å². The lowest BCUT2D eigenvalue weighted by Gasteiger charge is -2.22. The summed E-state index contributed by atoms with van der Waals surface area (Å²) in [4.78, 5) is 20.1. The number of hydrogen-bond donors (Lipinski definition) is 0. The number of fused-ring (bicyclic) bond motifs is 1. The first-order chi connectivity index (χ1) is 16.9. The molecule has 176 valence electrons. The van der Waals surface area contributed by atoms with Gasteiger partial charge in [-0.3, -0.25) is 4.79 Å². The molecule has 0 fully saturated rings. The highest BCUT2D eigenvalue weighted by Crippen LogP contribution is 2.33. The van der Waals surface area contributed by atoms with Gasteiger partial charge in [0.15, 0.2) is 17.0 Å². The smallest absolute Gasteiger partial charge is 0.329 e. The third-order valence-electron chi connectivity index (χ3n) is 5.43. The summed E-state index contributed by atoms with van der Waals surface area (Å²) in [5.41, 5.74) is 0.861. The molecule has 0 saturated heterocycles. The van der Waals surface area contributed by atoms with Gasteiger partial charge in [0.1, 0.15) is 0 Å². The maximum absolute atomic E-state index is 13.9. The van der Waals surface area contributed by atoms with Gasteiger partial charge in [0.25, 0.3) is 5.91 Å². The average molecular weight is 493 g/mol. The van der Waals surface area contributed by atoms with Crippen LogP contribution in [0.2, 0.25) is 0 Å². The summed E-state index contributed by atoms with van der Waals surface area (Å²) in [6.07, 6.45) is -4.67. The predicted molar refractivity (Wildman–Crippen MR) is 128 cm³/mol. The molecule has 0 aliphatic rings. The maximum atomic E-state index is 13.9. The van der Waals surface area contributed by atoms with Crippen LogP contribution in [0.4, 0.5) is 13.2 Å². The highest BCUT2D eigenvalue weighted by molar-refractivity contribution is 7.13. The van der Waals surface area contributed by atoms with Crippen molar-refractivity contribution in [1.29, 1.82) is 0 Å². The molecule has 0 bridgehead atoms. The Balaban J connectivity index is 1.56. The minimum atomic E-state index is -4.67. The lowest BCUT2D eigenvalue weighted by molar-refractivity contribution is -0.142. The molecular formula is C26H19F3N4OS. The van der Waals surface area contributed by atoms with Crippen molar-refractivity contribution in [3.63, 3.8) is 0 Å². The molecular weight excluding hydrogens is 473 g/mol. The SMILES string of the molecule is O=C(c1cc2nc(-c3cccs3)cc(C(F)(F)F)n2n1)N(Cc1ccccc1)Cc1ccccc1. The van der Waals surface area contributed by atoms with Gasteiger partial charge in [-0.25, -0.2) is 9.50 Å². The molecule has 3 heterocycles. The molecule has 9 heteroatoms. The Morgan fingerprint density at radius 3 is 2.06 bits per heavy atom. The Hall–Kier alpha value is -3.98. The number of rotatable bonds is 6. The van der Waals surface area contributed by atoms with E-state index >= 15 is 0 Å². The Morgan fingerprint density at radius 1 is 0.886 bits per heavy atom. The fourth-order valence-electron chi connectivity index (χ4n) is 3.80. The first-order valence-corrected chi connectivity index (χ1v) is 11.7. The summed E-state index contributed by atoms with van der Waals surface area (Å²) in [5, 5.41) is 5.82. The zero-order valence-electron chi connectivity index (χ0n) is 18.3. The molecule has 0 unspecified atom stereocenters. The van der Waals surface area contributed by atoms with E-state index in [1.54, 1.807) is 22.4 Å². The van der Waals surface area contributed by atoms with E-state index in [1.807, 2.05) is 60.7 Å². The second-order valence-electron chi connectivity index (χ2n) is 7.93. The van der Waals surface area contributed by atoms with Crippen LogP contribution in [-0.2, 0) is 19.3 Å². The van der Waals surface area contributed by atoms with Crippen LogP contribution in [0.3, 0.4) is 0 Å². The number of halogens is 3. The zero-order valence-corrected chi connectivity index (χ0v) is 19.1. The summed E-state index contributed by atoms with van der Waals surface area (Å²) in [6.45, 7) is 0.560. The van der Waals surface area contributed by atoms with Crippen molar-refractivity contribution in [2.45, 2.75) is 19.3 Å².